The highest BCUT2D eigenvalue weighted by molar-refractivity contribution is 5.97. The van der Waals surface area contributed by atoms with E-state index in [9.17, 15) is 27.9 Å². The number of amides is 1. The molecule has 0 bridgehead atoms. The Hall–Kier alpha value is -3.03. The van der Waals surface area contributed by atoms with E-state index >= 15 is 0 Å². The lowest BCUT2D eigenvalue weighted by molar-refractivity contribution is -0.143. The van der Waals surface area contributed by atoms with Crippen molar-refractivity contribution in [3.63, 3.8) is 0 Å². The lowest BCUT2D eigenvalue weighted by Gasteiger charge is -2.29. The van der Waals surface area contributed by atoms with E-state index in [-0.39, 0.29) is 18.5 Å². The van der Waals surface area contributed by atoms with E-state index in [1.54, 1.807) is 37.3 Å². The van der Waals surface area contributed by atoms with E-state index in [0.29, 0.717) is 11.6 Å². The predicted octanol–water partition coefficient (Wildman–Crippen LogP) is 3.59. The summed E-state index contributed by atoms with van der Waals surface area (Å²) in [4.78, 5) is 24.4. The number of carboxylic acid groups (broad SMARTS) is 1. The van der Waals surface area contributed by atoms with E-state index in [2.05, 4.69) is 10.1 Å². The molecule has 0 aliphatic carbocycles. The fraction of sp³-hybridized carbons (Fsp3) is 0.263. The van der Waals surface area contributed by atoms with Gasteiger partial charge in [0.05, 0.1) is 5.56 Å². The first-order chi connectivity index (χ1) is 12.8. The molecule has 1 atom stereocenters. The Kier molecular flexibility index (Phi) is 6.44. The normalized spacial score (nSPS) is 13.1. The van der Waals surface area contributed by atoms with Gasteiger partial charge in [0.15, 0.2) is 0 Å². The molecule has 0 fully saturated rings. The quantitative estimate of drug-likeness (QED) is 0.733. The van der Waals surface area contributed by atoms with Crippen LogP contribution in [-0.2, 0) is 10.2 Å². The fourth-order valence-electron chi connectivity index (χ4n) is 2.74. The summed E-state index contributed by atoms with van der Waals surface area (Å²) in [6.07, 6.45) is 0.177. The molecule has 2 rings (SSSR count). The van der Waals surface area contributed by atoms with Gasteiger partial charge in [-0.05, 0) is 24.1 Å². The SMILES string of the molecule is CCC(CNC(=O)c1ccc(F)cc1OC(F)F)(C(=O)O)c1ccccc1. The largest absolute Gasteiger partial charge is 0.481 e. The van der Waals surface area contributed by atoms with Crippen molar-refractivity contribution in [3.05, 3.63) is 65.5 Å². The van der Waals surface area contributed by atoms with E-state index in [1.165, 1.54) is 0 Å². The number of carbonyl (C=O) groups is 2. The van der Waals surface area contributed by atoms with Crippen LogP contribution < -0.4 is 10.1 Å². The van der Waals surface area contributed by atoms with Gasteiger partial charge in [-0.25, -0.2) is 4.39 Å². The first kappa shape index (κ1) is 20.3. The van der Waals surface area contributed by atoms with Crippen molar-refractivity contribution in [3.8, 4) is 5.75 Å². The summed E-state index contributed by atoms with van der Waals surface area (Å²) in [6, 6.07) is 10.9. The molecule has 0 radical (unpaired) electrons. The molecule has 144 valence electrons. The second kappa shape index (κ2) is 8.57. The number of carbonyl (C=O) groups excluding carboxylic acids is 1. The molecule has 0 saturated heterocycles. The number of halogens is 3. The van der Waals surface area contributed by atoms with Crippen molar-refractivity contribution in [2.75, 3.05) is 6.54 Å². The molecule has 2 aromatic carbocycles. The van der Waals surface area contributed by atoms with Crippen LogP contribution in [0.3, 0.4) is 0 Å². The van der Waals surface area contributed by atoms with Crippen molar-refractivity contribution >= 4 is 11.9 Å². The zero-order valence-electron chi connectivity index (χ0n) is 14.4. The minimum atomic E-state index is -3.24. The van der Waals surface area contributed by atoms with Crippen LogP contribution >= 0.6 is 0 Å². The topological polar surface area (TPSA) is 75.6 Å². The van der Waals surface area contributed by atoms with Crippen molar-refractivity contribution in [2.45, 2.75) is 25.4 Å². The zero-order valence-corrected chi connectivity index (χ0v) is 14.4. The third kappa shape index (κ3) is 4.58. The molecule has 1 amide bonds. The van der Waals surface area contributed by atoms with Crippen LogP contribution in [0.5, 0.6) is 5.75 Å². The first-order valence-electron chi connectivity index (χ1n) is 8.11. The summed E-state index contributed by atoms with van der Waals surface area (Å²) in [5.74, 6) is -3.46. The molecule has 0 spiro atoms. The van der Waals surface area contributed by atoms with E-state index in [1.807, 2.05) is 0 Å². The third-order valence-corrected chi connectivity index (χ3v) is 4.29. The van der Waals surface area contributed by atoms with Crippen molar-refractivity contribution < 1.29 is 32.6 Å². The van der Waals surface area contributed by atoms with Crippen LogP contribution in [0.4, 0.5) is 13.2 Å². The molecule has 2 N–H and O–H groups in total. The average Bonchev–Trinajstić information content (AvgIpc) is 2.62. The molecule has 2 aromatic rings. The van der Waals surface area contributed by atoms with Crippen LogP contribution in [0.25, 0.3) is 0 Å². The highest BCUT2D eigenvalue weighted by Gasteiger charge is 2.39. The van der Waals surface area contributed by atoms with E-state index < -0.39 is 35.5 Å². The lowest BCUT2D eigenvalue weighted by Crippen LogP contribution is -2.46. The maximum absolute atomic E-state index is 13.3. The molecule has 8 heteroatoms. The Bertz CT molecular complexity index is 814. The molecule has 0 heterocycles. The van der Waals surface area contributed by atoms with Gasteiger partial charge in [0.2, 0.25) is 0 Å². The summed E-state index contributed by atoms with van der Waals surface area (Å²) in [6.45, 7) is -1.86. The summed E-state index contributed by atoms with van der Waals surface area (Å²) in [7, 11) is 0. The van der Waals surface area contributed by atoms with E-state index in [4.69, 9.17) is 0 Å². The van der Waals surface area contributed by atoms with Crippen LogP contribution in [0.15, 0.2) is 48.5 Å². The highest BCUT2D eigenvalue weighted by Crippen LogP contribution is 2.28. The summed E-state index contributed by atoms with van der Waals surface area (Å²) in [5, 5.41) is 12.2. The Balaban J connectivity index is 2.28. The van der Waals surface area contributed by atoms with Gasteiger partial charge in [-0.1, -0.05) is 37.3 Å². The predicted molar refractivity (Wildman–Crippen MR) is 91.4 cm³/mol. The number of hydrogen-bond donors (Lipinski definition) is 2. The van der Waals surface area contributed by atoms with Crippen molar-refractivity contribution in [2.24, 2.45) is 0 Å². The van der Waals surface area contributed by atoms with Gasteiger partial charge in [-0.3, -0.25) is 9.59 Å². The van der Waals surface area contributed by atoms with Gasteiger partial charge < -0.3 is 15.2 Å². The summed E-state index contributed by atoms with van der Waals surface area (Å²) < 4.78 is 42.5. The Morgan fingerprint density at radius 3 is 2.41 bits per heavy atom. The number of carboxylic acids is 1. The molecular weight excluding hydrogens is 363 g/mol. The second-order valence-electron chi connectivity index (χ2n) is 5.81. The van der Waals surface area contributed by atoms with Crippen molar-refractivity contribution in [1.82, 2.24) is 5.32 Å². The Morgan fingerprint density at radius 1 is 1.19 bits per heavy atom. The second-order valence-corrected chi connectivity index (χ2v) is 5.81. The van der Waals surface area contributed by atoms with Crippen LogP contribution in [0.1, 0.15) is 29.3 Å². The molecule has 0 saturated carbocycles. The molecule has 5 nitrogen and oxygen atoms in total. The third-order valence-electron chi connectivity index (χ3n) is 4.29. The van der Waals surface area contributed by atoms with E-state index in [0.717, 1.165) is 12.1 Å². The smallest absolute Gasteiger partial charge is 0.387 e. The van der Waals surface area contributed by atoms with Crippen molar-refractivity contribution in [1.29, 1.82) is 0 Å². The first-order valence-corrected chi connectivity index (χ1v) is 8.11. The van der Waals surface area contributed by atoms with Gasteiger partial charge in [0.25, 0.3) is 5.91 Å². The van der Waals surface area contributed by atoms with Gasteiger partial charge in [0.1, 0.15) is 17.0 Å². The Morgan fingerprint density at radius 2 is 1.85 bits per heavy atom. The minimum Gasteiger partial charge on any atom is -0.481 e. The number of nitrogens with one attached hydrogen (secondary N) is 1. The number of ether oxygens (including phenoxy) is 1. The monoisotopic (exact) mass is 381 g/mol. The maximum atomic E-state index is 13.3. The number of hydrogen-bond acceptors (Lipinski definition) is 3. The minimum absolute atomic E-state index is 0.177. The molecule has 0 aliphatic heterocycles. The van der Waals surface area contributed by atoms with Crippen LogP contribution in [-0.4, -0.2) is 30.1 Å². The van der Waals surface area contributed by atoms with Gasteiger partial charge >= 0.3 is 12.6 Å². The number of benzene rings is 2. The average molecular weight is 381 g/mol. The van der Waals surface area contributed by atoms with Gasteiger partial charge in [-0.2, -0.15) is 8.78 Å². The van der Waals surface area contributed by atoms with Gasteiger partial charge in [0, 0.05) is 12.6 Å². The molecule has 1 unspecified atom stereocenters. The molecule has 0 aliphatic rings. The lowest BCUT2D eigenvalue weighted by atomic mass is 9.78. The standard InChI is InChI=1S/C19H18F3NO4/c1-2-19(17(25)26,12-6-4-3-5-7-12)11-23-16(24)14-9-8-13(20)10-15(14)27-18(21)22/h3-10,18H,2,11H2,1H3,(H,23,24)(H,25,26). The zero-order chi connectivity index (χ0) is 20.0. The molecule has 27 heavy (non-hydrogen) atoms. The summed E-state index contributed by atoms with van der Waals surface area (Å²) in [5.41, 5.74) is -1.23. The Labute approximate surface area is 153 Å². The highest BCUT2D eigenvalue weighted by atomic mass is 19.3. The number of alkyl halides is 2. The fourth-order valence-corrected chi connectivity index (χ4v) is 2.74. The number of aliphatic carboxylic acids is 1. The summed E-state index contributed by atoms with van der Waals surface area (Å²) >= 11 is 0. The van der Waals surface area contributed by atoms with Gasteiger partial charge in [-0.15, -0.1) is 0 Å². The molecule has 0 aromatic heterocycles. The van der Waals surface area contributed by atoms with Crippen LogP contribution in [0, 0.1) is 5.82 Å². The number of rotatable bonds is 8. The molecular formula is C19H18F3NO4. The van der Waals surface area contributed by atoms with Crippen LogP contribution in [0.2, 0.25) is 0 Å². The maximum Gasteiger partial charge on any atom is 0.387 e.